The third kappa shape index (κ3) is 4.04. The van der Waals surface area contributed by atoms with Crippen LogP contribution in [0, 0.1) is 0 Å². The van der Waals surface area contributed by atoms with Gasteiger partial charge in [0.25, 0.3) is 0 Å². The lowest BCUT2D eigenvalue weighted by Gasteiger charge is -2.33. The van der Waals surface area contributed by atoms with Crippen LogP contribution in [0.1, 0.15) is 18.1 Å². The van der Waals surface area contributed by atoms with Crippen LogP contribution in [0.25, 0.3) is 0 Å². The molecule has 4 heteroatoms. The van der Waals surface area contributed by atoms with Crippen molar-refractivity contribution >= 4 is 5.97 Å². The van der Waals surface area contributed by atoms with Gasteiger partial charge in [0.1, 0.15) is 0 Å². The summed E-state index contributed by atoms with van der Waals surface area (Å²) in [5, 5.41) is 3.39. The van der Waals surface area contributed by atoms with Gasteiger partial charge in [-0.2, -0.15) is 0 Å². The average Bonchev–Trinajstić information content (AvgIpc) is 2.43. The van der Waals surface area contributed by atoms with Gasteiger partial charge in [-0.3, -0.25) is 9.69 Å². The van der Waals surface area contributed by atoms with Crippen LogP contribution in [0.15, 0.2) is 24.3 Å². The molecule has 1 aromatic rings. The molecule has 1 atom stereocenters. The molecule has 1 heterocycles. The second-order valence-corrected chi connectivity index (χ2v) is 5.09. The maximum Gasteiger partial charge on any atom is 0.309 e. The Morgan fingerprint density at radius 2 is 2.05 bits per heavy atom. The summed E-state index contributed by atoms with van der Waals surface area (Å²) in [6.45, 7) is 6.43. The van der Waals surface area contributed by atoms with E-state index < -0.39 is 0 Å². The van der Waals surface area contributed by atoms with Crippen LogP contribution >= 0.6 is 0 Å². The molecule has 1 aliphatic heterocycles. The molecule has 1 aromatic carbocycles. The van der Waals surface area contributed by atoms with Crippen molar-refractivity contribution < 1.29 is 9.53 Å². The standard InChI is InChI=1S/C15H22N2O2/c1-12-10-16-7-8-17(12)11-14-5-3-13(4-6-14)9-15(18)19-2/h3-6,12,16H,7-11H2,1-2H3/t12-/m1/s1. The first kappa shape index (κ1) is 14.0. The monoisotopic (exact) mass is 262 g/mol. The van der Waals surface area contributed by atoms with Crippen LogP contribution in [-0.4, -0.2) is 43.7 Å². The summed E-state index contributed by atoms with van der Waals surface area (Å²) in [6, 6.07) is 8.81. The van der Waals surface area contributed by atoms with Crippen molar-refractivity contribution in [1.82, 2.24) is 10.2 Å². The van der Waals surface area contributed by atoms with Crippen molar-refractivity contribution in [3.8, 4) is 0 Å². The minimum atomic E-state index is -0.191. The highest BCUT2D eigenvalue weighted by Crippen LogP contribution is 2.12. The van der Waals surface area contributed by atoms with Gasteiger partial charge in [-0.1, -0.05) is 24.3 Å². The van der Waals surface area contributed by atoms with Crippen LogP contribution in [0.5, 0.6) is 0 Å². The Kier molecular flexibility index (Phi) is 4.93. The van der Waals surface area contributed by atoms with Crippen LogP contribution in [0.2, 0.25) is 0 Å². The molecule has 2 rings (SSSR count). The SMILES string of the molecule is COC(=O)Cc1ccc(CN2CCNC[C@H]2C)cc1. The number of ether oxygens (including phenoxy) is 1. The number of hydrogen-bond acceptors (Lipinski definition) is 4. The predicted molar refractivity (Wildman–Crippen MR) is 74.9 cm³/mol. The highest BCUT2D eigenvalue weighted by Gasteiger charge is 2.17. The number of benzene rings is 1. The summed E-state index contributed by atoms with van der Waals surface area (Å²) < 4.78 is 4.67. The largest absolute Gasteiger partial charge is 0.469 e. The Morgan fingerprint density at radius 1 is 1.37 bits per heavy atom. The summed E-state index contributed by atoms with van der Waals surface area (Å²) in [4.78, 5) is 13.7. The van der Waals surface area contributed by atoms with Gasteiger partial charge >= 0.3 is 5.97 Å². The average molecular weight is 262 g/mol. The zero-order chi connectivity index (χ0) is 13.7. The van der Waals surface area contributed by atoms with E-state index in [0.29, 0.717) is 12.5 Å². The summed E-state index contributed by atoms with van der Waals surface area (Å²) >= 11 is 0. The van der Waals surface area contributed by atoms with Gasteiger partial charge in [0.15, 0.2) is 0 Å². The number of nitrogens with one attached hydrogen (secondary N) is 1. The number of nitrogens with zero attached hydrogens (tertiary/aromatic N) is 1. The molecule has 0 amide bonds. The molecule has 1 aliphatic rings. The summed E-state index contributed by atoms with van der Waals surface area (Å²) in [7, 11) is 1.42. The third-order valence-electron chi connectivity index (χ3n) is 3.62. The molecule has 0 aliphatic carbocycles. The molecule has 0 spiro atoms. The zero-order valence-electron chi connectivity index (χ0n) is 11.7. The summed E-state index contributed by atoms with van der Waals surface area (Å²) in [5.41, 5.74) is 2.30. The Morgan fingerprint density at radius 3 is 2.68 bits per heavy atom. The molecular formula is C15H22N2O2. The molecule has 4 nitrogen and oxygen atoms in total. The summed E-state index contributed by atoms with van der Waals surface area (Å²) in [5.74, 6) is -0.191. The number of methoxy groups -OCH3 is 1. The van der Waals surface area contributed by atoms with Crippen molar-refractivity contribution in [3.05, 3.63) is 35.4 Å². The van der Waals surface area contributed by atoms with Crippen LogP contribution in [0.4, 0.5) is 0 Å². The first-order valence-electron chi connectivity index (χ1n) is 6.78. The van der Waals surface area contributed by atoms with E-state index in [1.54, 1.807) is 0 Å². The number of carbonyl (C=O) groups excluding carboxylic acids is 1. The number of rotatable bonds is 4. The number of piperazine rings is 1. The Hall–Kier alpha value is -1.39. The Labute approximate surface area is 114 Å². The molecule has 0 saturated carbocycles. The summed E-state index contributed by atoms with van der Waals surface area (Å²) in [6.07, 6.45) is 0.348. The molecule has 0 unspecified atom stereocenters. The van der Waals surface area contributed by atoms with E-state index in [1.807, 2.05) is 12.1 Å². The van der Waals surface area contributed by atoms with E-state index in [-0.39, 0.29) is 5.97 Å². The Balaban J connectivity index is 1.92. The third-order valence-corrected chi connectivity index (χ3v) is 3.62. The fourth-order valence-electron chi connectivity index (χ4n) is 2.35. The predicted octanol–water partition coefficient (Wildman–Crippen LogP) is 1.20. The quantitative estimate of drug-likeness (QED) is 0.828. The topological polar surface area (TPSA) is 41.6 Å². The fourth-order valence-corrected chi connectivity index (χ4v) is 2.35. The van der Waals surface area contributed by atoms with Crippen molar-refractivity contribution in [2.45, 2.75) is 25.9 Å². The maximum atomic E-state index is 11.2. The molecule has 19 heavy (non-hydrogen) atoms. The molecule has 1 saturated heterocycles. The number of carbonyl (C=O) groups is 1. The molecule has 0 aromatic heterocycles. The number of hydrogen-bond donors (Lipinski definition) is 1. The minimum absolute atomic E-state index is 0.191. The van der Waals surface area contributed by atoms with Crippen LogP contribution in [0.3, 0.4) is 0 Å². The van der Waals surface area contributed by atoms with Gasteiger partial charge in [-0.25, -0.2) is 0 Å². The highest BCUT2D eigenvalue weighted by molar-refractivity contribution is 5.72. The first-order valence-corrected chi connectivity index (χ1v) is 6.78. The number of esters is 1. The zero-order valence-corrected chi connectivity index (χ0v) is 11.7. The van der Waals surface area contributed by atoms with Gasteiger partial charge in [0.2, 0.25) is 0 Å². The Bertz CT molecular complexity index is 417. The minimum Gasteiger partial charge on any atom is -0.469 e. The van der Waals surface area contributed by atoms with Crippen LogP contribution in [-0.2, 0) is 22.5 Å². The van der Waals surface area contributed by atoms with E-state index in [4.69, 9.17) is 0 Å². The molecular weight excluding hydrogens is 240 g/mol. The highest BCUT2D eigenvalue weighted by atomic mass is 16.5. The molecule has 0 radical (unpaired) electrons. The molecule has 104 valence electrons. The van der Waals surface area contributed by atoms with E-state index in [0.717, 1.165) is 31.7 Å². The fraction of sp³-hybridized carbons (Fsp3) is 0.533. The van der Waals surface area contributed by atoms with E-state index in [1.165, 1.54) is 12.7 Å². The van der Waals surface area contributed by atoms with Gasteiger partial charge in [0, 0.05) is 32.2 Å². The maximum absolute atomic E-state index is 11.2. The lowest BCUT2D eigenvalue weighted by atomic mass is 10.1. The van der Waals surface area contributed by atoms with Crippen molar-refractivity contribution in [1.29, 1.82) is 0 Å². The molecule has 0 bridgehead atoms. The van der Waals surface area contributed by atoms with E-state index in [9.17, 15) is 4.79 Å². The normalized spacial score (nSPS) is 20.2. The second kappa shape index (κ2) is 6.68. The van der Waals surface area contributed by atoms with E-state index in [2.05, 4.69) is 34.0 Å². The van der Waals surface area contributed by atoms with Crippen LogP contribution < -0.4 is 5.32 Å². The van der Waals surface area contributed by atoms with Gasteiger partial charge in [0.05, 0.1) is 13.5 Å². The lowest BCUT2D eigenvalue weighted by Crippen LogP contribution is -2.49. The molecule has 1 fully saturated rings. The second-order valence-electron chi connectivity index (χ2n) is 5.09. The van der Waals surface area contributed by atoms with Gasteiger partial charge in [-0.15, -0.1) is 0 Å². The van der Waals surface area contributed by atoms with Crippen molar-refractivity contribution in [2.75, 3.05) is 26.7 Å². The van der Waals surface area contributed by atoms with Crippen molar-refractivity contribution in [3.63, 3.8) is 0 Å². The lowest BCUT2D eigenvalue weighted by molar-refractivity contribution is -0.139. The first-order chi connectivity index (χ1) is 9.19. The smallest absolute Gasteiger partial charge is 0.309 e. The van der Waals surface area contributed by atoms with E-state index >= 15 is 0 Å². The van der Waals surface area contributed by atoms with Gasteiger partial charge in [-0.05, 0) is 18.1 Å². The van der Waals surface area contributed by atoms with Gasteiger partial charge < -0.3 is 10.1 Å². The molecule has 1 N–H and O–H groups in total. The van der Waals surface area contributed by atoms with Crippen molar-refractivity contribution in [2.24, 2.45) is 0 Å².